The number of phosphoric ester groups is 1. The molecule has 3 rings (SSSR count). The Balaban J connectivity index is 1.81. The monoisotopic (exact) mass is 529 g/mol. The summed E-state index contributed by atoms with van der Waals surface area (Å²) in [4.78, 5) is 48.0. The first kappa shape index (κ1) is 25.9. The molecule has 0 radical (unpaired) electrons. The number of nitrogen functional groups attached to an aromatic ring is 1. The highest BCUT2D eigenvalue weighted by atomic mass is 31.3. The lowest BCUT2D eigenvalue weighted by Crippen LogP contribution is -2.43. The number of aromatic nitrogens is 4. The molecule has 0 bridgehead atoms. The summed E-state index contributed by atoms with van der Waals surface area (Å²) in [5.74, 6) is 1.44. The number of terminal acetylenes is 1. The molecule has 0 amide bonds. The highest BCUT2D eigenvalue weighted by Gasteiger charge is 2.54. The smallest absolute Gasteiger partial charge is 0.388 e. The van der Waals surface area contributed by atoms with E-state index in [0.717, 1.165) is 0 Å². The second kappa shape index (κ2) is 8.79. The van der Waals surface area contributed by atoms with E-state index in [1.54, 1.807) is 0 Å². The quantitative estimate of drug-likeness (QED) is 0.188. The van der Waals surface area contributed by atoms with Gasteiger partial charge in [0.1, 0.15) is 30.8 Å². The number of hydrogen-bond acceptors (Lipinski definition) is 12. The molecule has 182 valence electrons. The van der Waals surface area contributed by atoms with Crippen LogP contribution in [0.4, 0.5) is 5.82 Å². The van der Waals surface area contributed by atoms with E-state index in [4.69, 9.17) is 26.7 Å². The molecule has 6 atom stereocenters. The topological polar surface area (TPSA) is 259 Å². The molecule has 1 aliphatic heterocycles. The summed E-state index contributed by atoms with van der Waals surface area (Å²) < 4.78 is 53.2. The van der Waals surface area contributed by atoms with Gasteiger partial charge in [0, 0.05) is 5.92 Å². The number of anilines is 1. The van der Waals surface area contributed by atoms with Crippen LogP contribution in [-0.4, -0.2) is 62.5 Å². The predicted molar refractivity (Wildman–Crippen MR) is 106 cm³/mol. The van der Waals surface area contributed by atoms with Crippen LogP contribution in [-0.2, 0) is 31.6 Å². The number of rotatable bonds is 8. The summed E-state index contributed by atoms with van der Waals surface area (Å²) in [5.41, 5.74) is 4.17. The zero-order valence-electron chi connectivity index (χ0n) is 16.5. The van der Waals surface area contributed by atoms with Crippen molar-refractivity contribution in [2.45, 2.75) is 24.9 Å². The van der Waals surface area contributed by atoms with Crippen LogP contribution in [0.15, 0.2) is 12.7 Å². The van der Waals surface area contributed by atoms with Gasteiger partial charge in [-0.05, 0) is 0 Å². The van der Waals surface area contributed by atoms with Gasteiger partial charge in [-0.1, -0.05) is 12.8 Å². The number of nitrogens with two attached hydrogens (primary N) is 1. The molecule has 0 saturated carbocycles. The molecule has 7 N–H and O–H groups in total. The van der Waals surface area contributed by atoms with Gasteiger partial charge in [-0.2, -0.15) is 8.62 Å². The normalized spacial score (nSPS) is 29.4. The van der Waals surface area contributed by atoms with Crippen molar-refractivity contribution in [3.8, 4) is 12.3 Å². The van der Waals surface area contributed by atoms with E-state index in [0.29, 0.717) is 0 Å². The molecule has 6 unspecified atom stereocenters. The van der Waals surface area contributed by atoms with Crippen LogP contribution in [0, 0.1) is 18.3 Å². The van der Waals surface area contributed by atoms with Gasteiger partial charge in [-0.25, -0.2) is 28.6 Å². The summed E-state index contributed by atoms with van der Waals surface area (Å²) in [6.07, 6.45) is 5.45. The first-order valence-corrected chi connectivity index (χ1v) is 13.2. The Hall–Kier alpha value is -1.76. The SMILES string of the molecule is C#CC1(COP(=O)(O)OP(=O)(O)OP(=O)(O)O)OC(n2cnc3c(N)ncnc32)C(C)C1O. The summed E-state index contributed by atoms with van der Waals surface area (Å²) >= 11 is 0. The zero-order valence-corrected chi connectivity index (χ0v) is 19.2. The van der Waals surface area contributed by atoms with E-state index in [9.17, 15) is 28.6 Å². The summed E-state index contributed by atoms with van der Waals surface area (Å²) in [7, 11) is -16.8. The molecule has 2 aromatic rings. The molecule has 0 aromatic carbocycles. The van der Waals surface area contributed by atoms with Crippen molar-refractivity contribution in [3.05, 3.63) is 12.7 Å². The fourth-order valence-electron chi connectivity index (χ4n) is 3.10. The highest BCUT2D eigenvalue weighted by molar-refractivity contribution is 7.66. The van der Waals surface area contributed by atoms with Crippen molar-refractivity contribution in [2.24, 2.45) is 5.92 Å². The average molecular weight is 529 g/mol. The predicted octanol–water partition coefficient (Wildman–Crippen LogP) is -0.350. The summed E-state index contributed by atoms with van der Waals surface area (Å²) in [6.45, 7) is 0.495. The second-order valence-corrected chi connectivity index (χ2v) is 11.2. The van der Waals surface area contributed by atoms with E-state index in [-0.39, 0.29) is 17.0 Å². The molecule has 0 spiro atoms. The van der Waals surface area contributed by atoms with Gasteiger partial charge in [-0.15, -0.1) is 6.42 Å². The second-order valence-electron chi connectivity index (χ2n) is 6.79. The number of fused-ring (bicyclic) bond motifs is 1. The van der Waals surface area contributed by atoms with Crippen molar-refractivity contribution in [3.63, 3.8) is 0 Å². The minimum absolute atomic E-state index is 0.0841. The minimum Gasteiger partial charge on any atom is -0.388 e. The molecule has 2 aromatic heterocycles. The van der Waals surface area contributed by atoms with Gasteiger partial charge in [0.25, 0.3) is 0 Å². The Bertz CT molecular complexity index is 1240. The lowest BCUT2D eigenvalue weighted by molar-refractivity contribution is -0.0880. The van der Waals surface area contributed by atoms with Crippen molar-refractivity contribution in [1.29, 1.82) is 0 Å². The number of imidazole rings is 1. The van der Waals surface area contributed by atoms with E-state index in [1.165, 1.54) is 24.1 Å². The number of ether oxygens (including phenoxy) is 1. The molecule has 1 saturated heterocycles. The molecule has 1 fully saturated rings. The van der Waals surface area contributed by atoms with Crippen LogP contribution < -0.4 is 5.73 Å². The molecule has 3 heterocycles. The molecule has 17 nitrogen and oxygen atoms in total. The lowest BCUT2D eigenvalue weighted by atomic mass is 9.92. The Morgan fingerprint density at radius 2 is 1.88 bits per heavy atom. The summed E-state index contributed by atoms with van der Waals surface area (Å²) in [5, 5.41) is 10.7. The number of aliphatic hydroxyl groups is 1. The number of nitrogens with zero attached hydrogens (tertiary/aromatic N) is 4. The standard InChI is InChI=1S/C13H18N5O12P3/c1-3-13(4-27-32(23,24)30-33(25,26)29-31(20,21)22)9(19)7(2)12(28-13)18-6-17-8-10(14)15-5-16-11(8)18/h1,5-7,9,12,19H,4H2,2H3,(H,23,24)(H,25,26)(H2,14,15,16)(H2,20,21,22). The van der Waals surface area contributed by atoms with Gasteiger partial charge in [-0.3, -0.25) is 9.09 Å². The minimum atomic E-state index is -5.73. The molecular formula is C13H18N5O12P3. The third-order valence-electron chi connectivity index (χ3n) is 4.52. The highest BCUT2D eigenvalue weighted by Crippen LogP contribution is 2.66. The fraction of sp³-hybridized carbons (Fsp3) is 0.462. The van der Waals surface area contributed by atoms with Crippen LogP contribution in [0.2, 0.25) is 0 Å². The van der Waals surface area contributed by atoms with E-state index in [1.807, 2.05) is 0 Å². The largest absolute Gasteiger partial charge is 0.490 e. The Morgan fingerprint density at radius 1 is 1.21 bits per heavy atom. The van der Waals surface area contributed by atoms with Gasteiger partial charge in [0.2, 0.25) is 0 Å². The first-order chi connectivity index (χ1) is 15.1. The van der Waals surface area contributed by atoms with Crippen LogP contribution in [0.3, 0.4) is 0 Å². The number of aliphatic hydroxyl groups excluding tert-OH is 1. The summed E-state index contributed by atoms with van der Waals surface area (Å²) in [6, 6.07) is 0. The average Bonchev–Trinajstić information content (AvgIpc) is 3.19. The van der Waals surface area contributed by atoms with Crippen LogP contribution >= 0.6 is 23.5 Å². The van der Waals surface area contributed by atoms with Gasteiger partial charge < -0.3 is 35.2 Å². The van der Waals surface area contributed by atoms with Crippen LogP contribution in [0.25, 0.3) is 11.2 Å². The maximum Gasteiger partial charge on any atom is 0.490 e. The van der Waals surface area contributed by atoms with Crippen molar-refractivity contribution in [2.75, 3.05) is 12.3 Å². The van der Waals surface area contributed by atoms with Crippen LogP contribution in [0.5, 0.6) is 0 Å². The Kier molecular flexibility index (Phi) is 6.89. The Labute approximate surface area is 185 Å². The molecular weight excluding hydrogens is 511 g/mol. The lowest BCUT2D eigenvalue weighted by Gasteiger charge is -2.27. The molecule has 33 heavy (non-hydrogen) atoms. The fourth-order valence-corrected chi connectivity index (χ4v) is 6.15. The van der Waals surface area contributed by atoms with Crippen molar-refractivity contribution < 1.29 is 56.3 Å². The van der Waals surface area contributed by atoms with Crippen molar-refractivity contribution in [1.82, 2.24) is 19.5 Å². The van der Waals surface area contributed by atoms with Crippen LogP contribution in [0.1, 0.15) is 13.2 Å². The maximum absolute atomic E-state index is 12.0. The van der Waals surface area contributed by atoms with Crippen molar-refractivity contribution >= 4 is 40.4 Å². The third kappa shape index (κ3) is 5.50. The number of phosphoric acid groups is 3. The molecule has 0 aliphatic carbocycles. The van der Waals surface area contributed by atoms with E-state index >= 15 is 0 Å². The van der Waals surface area contributed by atoms with Gasteiger partial charge in [0.15, 0.2) is 17.1 Å². The first-order valence-electron chi connectivity index (χ1n) is 8.65. The van der Waals surface area contributed by atoms with E-state index in [2.05, 4.69) is 34.0 Å². The molecule has 1 aliphatic rings. The molecule has 20 heteroatoms. The maximum atomic E-state index is 12.0. The Morgan fingerprint density at radius 3 is 2.48 bits per heavy atom. The zero-order chi connectivity index (χ0) is 24.8. The third-order valence-corrected chi connectivity index (χ3v) is 8.30. The van der Waals surface area contributed by atoms with Gasteiger partial charge in [0.05, 0.1) is 6.33 Å². The van der Waals surface area contributed by atoms with Gasteiger partial charge >= 0.3 is 23.5 Å². The number of hydrogen-bond donors (Lipinski definition) is 6. The van der Waals surface area contributed by atoms with E-state index < -0.39 is 53.9 Å².